The first kappa shape index (κ1) is 19.5. The number of anilines is 2. The average molecular weight is 378 g/mol. The summed E-state index contributed by atoms with van der Waals surface area (Å²) in [6, 6.07) is 10.4. The molecule has 2 aromatic carbocycles. The number of carbonyl (C=O) groups is 1. The predicted octanol–water partition coefficient (Wildman–Crippen LogP) is 2.50. The number of nitrogens with one attached hydrogen (secondary N) is 3. The summed E-state index contributed by atoms with van der Waals surface area (Å²) in [4.78, 5) is 11.7. The van der Waals surface area contributed by atoms with E-state index in [2.05, 4.69) is 15.4 Å². The SMILES string of the molecule is CNS(=O)(=O)c1cc(NC(=O)NC(C)C)ccc1Oc1ccc(N)cc1. The van der Waals surface area contributed by atoms with Crippen LogP contribution in [0.2, 0.25) is 0 Å². The molecule has 0 heterocycles. The fourth-order valence-corrected chi connectivity index (χ4v) is 2.96. The largest absolute Gasteiger partial charge is 0.456 e. The highest BCUT2D eigenvalue weighted by molar-refractivity contribution is 7.89. The molecule has 0 aliphatic heterocycles. The van der Waals surface area contributed by atoms with E-state index in [1.165, 1.54) is 19.2 Å². The first-order valence-electron chi connectivity index (χ1n) is 7.90. The van der Waals surface area contributed by atoms with E-state index in [-0.39, 0.29) is 16.7 Å². The molecule has 2 aromatic rings. The van der Waals surface area contributed by atoms with Gasteiger partial charge in [0, 0.05) is 17.4 Å². The molecule has 5 N–H and O–H groups in total. The van der Waals surface area contributed by atoms with Crippen LogP contribution in [0.25, 0.3) is 0 Å². The maximum atomic E-state index is 12.3. The molecule has 0 fully saturated rings. The molecule has 0 spiro atoms. The number of hydrogen-bond acceptors (Lipinski definition) is 5. The van der Waals surface area contributed by atoms with Crippen molar-refractivity contribution >= 4 is 27.4 Å². The number of carbonyl (C=O) groups excluding carboxylic acids is 1. The van der Waals surface area contributed by atoms with Gasteiger partial charge in [-0.1, -0.05) is 0 Å². The Labute approximate surface area is 152 Å². The van der Waals surface area contributed by atoms with Gasteiger partial charge in [-0.05, 0) is 63.4 Å². The quantitative estimate of drug-likeness (QED) is 0.575. The topological polar surface area (TPSA) is 123 Å². The summed E-state index contributed by atoms with van der Waals surface area (Å²) in [6.07, 6.45) is 0. The molecular formula is C17H22N4O4S. The van der Waals surface area contributed by atoms with E-state index in [9.17, 15) is 13.2 Å². The van der Waals surface area contributed by atoms with Crippen LogP contribution in [0.15, 0.2) is 47.4 Å². The average Bonchev–Trinajstić information content (AvgIpc) is 2.57. The third-order valence-corrected chi connectivity index (χ3v) is 4.72. The van der Waals surface area contributed by atoms with Crippen LogP contribution in [0.3, 0.4) is 0 Å². The zero-order chi connectivity index (χ0) is 19.3. The van der Waals surface area contributed by atoms with Gasteiger partial charge in [-0.25, -0.2) is 17.9 Å². The number of amides is 2. The summed E-state index contributed by atoms with van der Waals surface area (Å²) in [5.74, 6) is 0.559. The Balaban J connectivity index is 2.35. The van der Waals surface area contributed by atoms with Crippen LogP contribution in [0.1, 0.15) is 13.8 Å². The van der Waals surface area contributed by atoms with E-state index in [0.717, 1.165) is 0 Å². The zero-order valence-corrected chi connectivity index (χ0v) is 15.6. The molecule has 0 aliphatic rings. The molecule has 0 saturated heterocycles. The number of urea groups is 1. The molecule has 0 saturated carbocycles. The Bertz CT molecular complexity index is 880. The van der Waals surface area contributed by atoms with Crippen LogP contribution in [0.4, 0.5) is 16.2 Å². The van der Waals surface area contributed by atoms with Gasteiger partial charge in [-0.2, -0.15) is 0 Å². The van der Waals surface area contributed by atoms with Crippen molar-refractivity contribution in [3.63, 3.8) is 0 Å². The molecule has 0 radical (unpaired) electrons. The lowest BCUT2D eigenvalue weighted by Gasteiger charge is -2.14. The van der Waals surface area contributed by atoms with E-state index >= 15 is 0 Å². The number of nitrogens with two attached hydrogens (primary N) is 1. The summed E-state index contributed by atoms with van der Waals surface area (Å²) in [7, 11) is -2.51. The molecule has 0 atom stereocenters. The summed E-state index contributed by atoms with van der Waals surface area (Å²) < 4.78 is 32.6. The monoisotopic (exact) mass is 378 g/mol. The van der Waals surface area contributed by atoms with E-state index in [0.29, 0.717) is 17.1 Å². The van der Waals surface area contributed by atoms with Gasteiger partial charge in [0.05, 0.1) is 0 Å². The number of sulfonamides is 1. The fraction of sp³-hybridized carbons (Fsp3) is 0.235. The van der Waals surface area contributed by atoms with Crippen LogP contribution in [-0.2, 0) is 10.0 Å². The molecule has 26 heavy (non-hydrogen) atoms. The zero-order valence-electron chi connectivity index (χ0n) is 14.7. The number of nitrogen functional groups attached to an aromatic ring is 1. The van der Waals surface area contributed by atoms with E-state index in [4.69, 9.17) is 10.5 Å². The van der Waals surface area contributed by atoms with Crippen LogP contribution in [-0.4, -0.2) is 27.5 Å². The first-order valence-corrected chi connectivity index (χ1v) is 9.38. The minimum Gasteiger partial charge on any atom is -0.456 e. The van der Waals surface area contributed by atoms with Crippen LogP contribution in [0.5, 0.6) is 11.5 Å². The molecule has 9 heteroatoms. The van der Waals surface area contributed by atoms with Crippen LogP contribution >= 0.6 is 0 Å². The van der Waals surface area contributed by atoms with Crippen molar-refractivity contribution in [1.29, 1.82) is 0 Å². The lowest BCUT2D eigenvalue weighted by molar-refractivity contribution is 0.250. The number of rotatable bonds is 6. The van der Waals surface area contributed by atoms with Crippen molar-refractivity contribution < 1.29 is 17.9 Å². The summed E-state index contributed by atoms with van der Waals surface area (Å²) in [5, 5.41) is 5.26. The number of hydrogen-bond donors (Lipinski definition) is 4. The Morgan fingerprint density at radius 1 is 1.12 bits per heavy atom. The summed E-state index contributed by atoms with van der Waals surface area (Å²) in [5.41, 5.74) is 6.52. The lowest BCUT2D eigenvalue weighted by Crippen LogP contribution is -2.34. The maximum Gasteiger partial charge on any atom is 0.319 e. The van der Waals surface area contributed by atoms with Crippen molar-refractivity contribution in [3.8, 4) is 11.5 Å². The third-order valence-electron chi connectivity index (χ3n) is 3.29. The minimum absolute atomic E-state index is 0.0522. The normalized spacial score (nSPS) is 11.2. The van der Waals surface area contributed by atoms with Gasteiger partial charge >= 0.3 is 6.03 Å². The second-order valence-corrected chi connectivity index (χ2v) is 7.65. The van der Waals surface area contributed by atoms with Crippen molar-refractivity contribution in [2.45, 2.75) is 24.8 Å². The van der Waals surface area contributed by atoms with Gasteiger partial charge in [0.2, 0.25) is 10.0 Å². The summed E-state index contributed by atoms with van der Waals surface area (Å²) >= 11 is 0. The van der Waals surface area contributed by atoms with Crippen molar-refractivity contribution in [2.24, 2.45) is 0 Å². The van der Waals surface area contributed by atoms with Gasteiger partial charge in [-0.3, -0.25) is 0 Å². The lowest BCUT2D eigenvalue weighted by atomic mass is 10.3. The highest BCUT2D eigenvalue weighted by Crippen LogP contribution is 2.31. The molecule has 0 aliphatic carbocycles. The van der Waals surface area contributed by atoms with Crippen LogP contribution < -0.4 is 25.8 Å². The second-order valence-electron chi connectivity index (χ2n) is 5.79. The van der Waals surface area contributed by atoms with Crippen molar-refractivity contribution in [1.82, 2.24) is 10.0 Å². The summed E-state index contributed by atoms with van der Waals surface area (Å²) in [6.45, 7) is 3.64. The van der Waals surface area contributed by atoms with Crippen molar-refractivity contribution in [2.75, 3.05) is 18.1 Å². The highest BCUT2D eigenvalue weighted by Gasteiger charge is 2.20. The highest BCUT2D eigenvalue weighted by atomic mass is 32.2. The smallest absolute Gasteiger partial charge is 0.319 e. The van der Waals surface area contributed by atoms with Crippen LogP contribution in [0, 0.1) is 0 Å². The Morgan fingerprint density at radius 3 is 2.35 bits per heavy atom. The number of ether oxygens (including phenoxy) is 1. The number of benzene rings is 2. The van der Waals surface area contributed by atoms with Gasteiger partial charge < -0.3 is 21.1 Å². The Hall–Kier alpha value is -2.78. The minimum atomic E-state index is -3.81. The van der Waals surface area contributed by atoms with Gasteiger partial charge in [0.1, 0.15) is 16.4 Å². The Kier molecular flexibility index (Phi) is 6.06. The molecule has 2 amide bonds. The third kappa shape index (κ3) is 5.11. The molecule has 0 bridgehead atoms. The molecular weight excluding hydrogens is 356 g/mol. The molecule has 8 nitrogen and oxygen atoms in total. The molecule has 0 aromatic heterocycles. The Morgan fingerprint density at radius 2 is 1.77 bits per heavy atom. The van der Waals surface area contributed by atoms with E-state index in [1.54, 1.807) is 30.3 Å². The van der Waals surface area contributed by atoms with Crippen molar-refractivity contribution in [3.05, 3.63) is 42.5 Å². The first-order chi connectivity index (χ1) is 12.2. The van der Waals surface area contributed by atoms with Gasteiger partial charge in [0.15, 0.2) is 0 Å². The molecule has 0 unspecified atom stereocenters. The second kappa shape index (κ2) is 8.07. The van der Waals surface area contributed by atoms with Gasteiger partial charge in [0.25, 0.3) is 0 Å². The standard InChI is InChI=1S/C17H22N4O4S/c1-11(2)20-17(22)21-13-6-9-15(16(10-13)26(23,24)19-3)25-14-7-4-12(18)5-8-14/h4-11,19H,18H2,1-3H3,(H2,20,21,22). The fourth-order valence-electron chi connectivity index (χ4n) is 2.08. The predicted molar refractivity (Wildman–Crippen MR) is 101 cm³/mol. The molecule has 2 rings (SSSR count). The van der Waals surface area contributed by atoms with E-state index < -0.39 is 16.1 Å². The molecule has 140 valence electrons. The maximum absolute atomic E-state index is 12.3. The van der Waals surface area contributed by atoms with E-state index in [1.807, 2.05) is 13.8 Å². The van der Waals surface area contributed by atoms with Gasteiger partial charge in [-0.15, -0.1) is 0 Å².